The van der Waals surface area contributed by atoms with Gasteiger partial charge in [0.15, 0.2) is 0 Å². The van der Waals surface area contributed by atoms with Gasteiger partial charge in [-0.1, -0.05) is 13.3 Å². The van der Waals surface area contributed by atoms with Gasteiger partial charge in [0.05, 0.1) is 0 Å². The van der Waals surface area contributed by atoms with Gasteiger partial charge in [0.1, 0.15) is 0 Å². The maximum atomic E-state index is 3.54. The van der Waals surface area contributed by atoms with Gasteiger partial charge in [-0.3, -0.25) is 4.90 Å². The van der Waals surface area contributed by atoms with Gasteiger partial charge in [0, 0.05) is 19.1 Å². The van der Waals surface area contributed by atoms with Crippen molar-refractivity contribution < 1.29 is 0 Å². The molecule has 2 heterocycles. The highest BCUT2D eigenvalue weighted by Crippen LogP contribution is 2.42. The van der Waals surface area contributed by atoms with Crippen molar-refractivity contribution >= 4 is 0 Å². The maximum absolute atomic E-state index is 3.54. The Morgan fingerprint density at radius 2 is 2.06 bits per heavy atom. The summed E-state index contributed by atoms with van der Waals surface area (Å²) in [6.07, 6.45) is 10.2. The molecular formula is C15H28N2. The summed E-state index contributed by atoms with van der Waals surface area (Å²) in [4.78, 5) is 2.86. The fourth-order valence-corrected chi connectivity index (χ4v) is 4.63. The summed E-state index contributed by atoms with van der Waals surface area (Å²) in [6, 6.07) is 0.962. The molecule has 3 fully saturated rings. The second-order valence-corrected chi connectivity index (χ2v) is 6.76. The van der Waals surface area contributed by atoms with Crippen molar-refractivity contribution in [1.29, 1.82) is 0 Å². The molecule has 17 heavy (non-hydrogen) atoms. The third-order valence-electron chi connectivity index (χ3n) is 5.51. The van der Waals surface area contributed by atoms with Crippen LogP contribution in [0.1, 0.15) is 51.9 Å². The number of likely N-dealkylation sites (tertiary alicyclic amines) is 1. The molecule has 2 aliphatic heterocycles. The Hall–Kier alpha value is -0.0800. The van der Waals surface area contributed by atoms with Crippen molar-refractivity contribution in [2.75, 3.05) is 26.2 Å². The highest BCUT2D eigenvalue weighted by molar-refractivity contribution is 4.96. The molecule has 2 bridgehead atoms. The third kappa shape index (κ3) is 2.39. The van der Waals surface area contributed by atoms with Crippen LogP contribution in [-0.4, -0.2) is 37.1 Å². The second kappa shape index (κ2) is 4.89. The molecule has 0 aromatic rings. The molecule has 2 nitrogen and oxygen atoms in total. The minimum Gasteiger partial charge on any atom is -0.317 e. The smallest absolute Gasteiger partial charge is 0.00988 e. The Balaban J connectivity index is 1.63. The molecular weight excluding hydrogens is 208 g/mol. The molecule has 3 aliphatic rings. The lowest BCUT2D eigenvalue weighted by Crippen LogP contribution is -2.46. The van der Waals surface area contributed by atoms with E-state index in [1.54, 1.807) is 0 Å². The molecule has 0 aromatic heterocycles. The first-order chi connectivity index (χ1) is 8.31. The van der Waals surface area contributed by atoms with E-state index in [0.29, 0.717) is 5.41 Å². The van der Waals surface area contributed by atoms with Gasteiger partial charge in [-0.05, 0) is 62.9 Å². The summed E-state index contributed by atoms with van der Waals surface area (Å²) < 4.78 is 0. The Morgan fingerprint density at radius 1 is 1.24 bits per heavy atom. The second-order valence-electron chi connectivity index (χ2n) is 6.76. The lowest BCUT2D eigenvalue weighted by Gasteiger charge is -2.43. The van der Waals surface area contributed by atoms with E-state index in [1.165, 1.54) is 71.1 Å². The standard InChI is InChI=1S/C15H28N2/c1-2-5-15(6-8-16-9-7-15)12-17-11-13-3-4-14(17)10-13/h13-14,16H,2-12H2,1H3. The van der Waals surface area contributed by atoms with Crippen LogP contribution in [0.2, 0.25) is 0 Å². The molecule has 98 valence electrons. The van der Waals surface area contributed by atoms with E-state index >= 15 is 0 Å². The van der Waals surface area contributed by atoms with E-state index in [9.17, 15) is 0 Å². The Bertz CT molecular complexity index is 252. The van der Waals surface area contributed by atoms with E-state index < -0.39 is 0 Å². The van der Waals surface area contributed by atoms with E-state index in [-0.39, 0.29) is 0 Å². The van der Waals surface area contributed by atoms with Crippen molar-refractivity contribution in [1.82, 2.24) is 10.2 Å². The first kappa shape index (κ1) is 12.0. The van der Waals surface area contributed by atoms with E-state index in [4.69, 9.17) is 0 Å². The number of piperidine rings is 2. The van der Waals surface area contributed by atoms with Crippen molar-refractivity contribution in [3.05, 3.63) is 0 Å². The fraction of sp³-hybridized carbons (Fsp3) is 1.00. The van der Waals surface area contributed by atoms with Crippen LogP contribution in [0.15, 0.2) is 0 Å². The van der Waals surface area contributed by atoms with Crippen molar-refractivity contribution in [2.45, 2.75) is 57.9 Å². The van der Waals surface area contributed by atoms with Gasteiger partial charge in [-0.15, -0.1) is 0 Å². The maximum Gasteiger partial charge on any atom is 0.00988 e. The monoisotopic (exact) mass is 236 g/mol. The highest BCUT2D eigenvalue weighted by atomic mass is 15.2. The largest absolute Gasteiger partial charge is 0.317 e. The first-order valence-electron chi connectivity index (χ1n) is 7.76. The van der Waals surface area contributed by atoms with Crippen LogP contribution in [0.4, 0.5) is 0 Å². The average Bonchev–Trinajstić information content (AvgIpc) is 2.92. The molecule has 0 amide bonds. The molecule has 2 saturated heterocycles. The van der Waals surface area contributed by atoms with Gasteiger partial charge < -0.3 is 5.32 Å². The van der Waals surface area contributed by atoms with Crippen LogP contribution in [0.25, 0.3) is 0 Å². The Labute approximate surface area is 106 Å². The average molecular weight is 236 g/mol. The van der Waals surface area contributed by atoms with Crippen molar-refractivity contribution in [2.24, 2.45) is 11.3 Å². The van der Waals surface area contributed by atoms with Gasteiger partial charge in [-0.25, -0.2) is 0 Å². The normalized spacial score (nSPS) is 36.5. The molecule has 1 saturated carbocycles. The minimum atomic E-state index is 0.657. The van der Waals surface area contributed by atoms with Crippen molar-refractivity contribution in [3.63, 3.8) is 0 Å². The molecule has 0 radical (unpaired) electrons. The number of nitrogens with one attached hydrogen (secondary N) is 1. The number of rotatable bonds is 4. The summed E-state index contributed by atoms with van der Waals surface area (Å²) in [6.45, 7) is 7.69. The van der Waals surface area contributed by atoms with Crippen LogP contribution in [0, 0.1) is 11.3 Å². The fourth-order valence-electron chi connectivity index (χ4n) is 4.63. The Kier molecular flexibility index (Phi) is 3.45. The molecule has 3 rings (SSSR count). The first-order valence-corrected chi connectivity index (χ1v) is 7.76. The van der Waals surface area contributed by atoms with Crippen LogP contribution in [0.5, 0.6) is 0 Å². The number of fused-ring (bicyclic) bond motifs is 2. The lowest BCUT2D eigenvalue weighted by atomic mass is 9.74. The number of nitrogens with zero attached hydrogens (tertiary/aromatic N) is 1. The topological polar surface area (TPSA) is 15.3 Å². The molecule has 2 atom stereocenters. The number of hydrogen-bond acceptors (Lipinski definition) is 2. The molecule has 2 unspecified atom stereocenters. The van der Waals surface area contributed by atoms with Gasteiger partial charge in [0.25, 0.3) is 0 Å². The van der Waals surface area contributed by atoms with Crippen LogP contribution < -0.4 is 5.32 Å². The Morgan fingerprint density at radius 3 is 2.65 bits per heavy atom. The summed E-state index contributed by atoms with van der Waals surface area (Å²) in [5, 5.41) is 3.54. The summed E-state index contributed by atoms with van der Waals surface area (Å²) >= 11 is 0. The predicted octanol–water partition coefficient (Wildman–Crippen LogP) is 2.64. The van der Waals surface area contributed by atoms with E-state index in [0.717, 1.165) is 12.0 Å². The van der Waals surface area contributed by atoms with Crippen molar-refractivity contribution in [3.8, 4) is 0 Å². The zero-order valence-corrected chi connectivity index (χ0v) is 11.4. The zero-order chi connectivity index (χ0) is 11.7. The molecule has 0 aromatic carbocycles. The summed E-state index contributed by atoms with van der Waals surface area (Å²) in [7, 11) is 0. The van der Waals surface area contributed by atoms with E-state index in [1.807, 2.05) is 0 Å². The quantitative estimate of drug-likeness (QED) is 0.807. The third-order valence-corrected chi connectivity index (χ3v) is 5.51. The molecule has 0 spiro atoms. The van der Waals surface area contributed by atoms with Gasteiger partial charge >= 0.3 is 0 Å². The van der Waals surface area contributed by atoms with Crippen LogP contribution in [-0.2, 0) is 0 Å². The molecule has 1 aliphatic carbocycles. The number of hydrogen-bond donors (Lipinski definition) is 1. The summed E-state index contributed by atoms with van der Waals surface area (Å²) in [5.74, 6) is 1.06. The zero-order valence-electron chi connectivity index (χ0n) is 11.4. The highest BCUT2D eigenvalue weighted by Gasteiger charge is 2.42. The molecule has 1 N–H and O–H groups in total. The van der Waals surface area contributed by atoms with Gasteiger partial charge in [-0.2, -0.15) is 0 Å². The minimum absolute atomic E-state index is 0.657. The SMILES string of the molecule is CCCC1(CN2CC3CCC2C3)CCNCC1. The van der Waals surface area contributed by atoms with E-state index in [2.05, 4.69) is 17.1 Å². The summed E-state index contributed by atoms with van der Waals surface area (Å²) in [5.41, 5.74) is 0.657. The van der Waals surface area contributed by atoms with Gasteiger partial charge in [0.2, 0.25) is 0 Å². The lowest BCUT2D eigenvalue weighted by molar-refractivity contribution is 0.0811. The van der Waals surface area contributed by atoms with Crippen LogP contribution in [0.3, 0.4) is 0 Å². The molecule has 2 heteroatoms. The predicted molar refractivity (Wildman–Crippen MR) is 72.1 cm³/mol. The van der Waals surface area contributed by atoms with Crippen LogP contribution >= 0.6 is 0 Å².